The average molecular weight is 395 g/mol. The van der Waals surface area contributed by atoms with Crippen molar-refractivity contribution in [1.29, 1.82) is 5.26 Å². The van der Waals surface area contributed by atoms with E-state index in [1.165, 1.54) is 36.2 Å². The van der Waals surface area contributed by atoms with Crippen LogP contribution in [0.25, 0.3) is 5.69 Å². The second-order valence-corrected chi connectivity index (χ2v) is 6.52. The fourth-order valence-electron chi connectivity index (χ4n) is 2.53. The van der Waals surface area contributed by atoms with Crippen LogP contribution in [0.4, 0.5) is 11.4 Å². The van der Waals surface area contributed by atoms with Crippen molar-refractivity contribution in [3.8, 4) is 11.8 Å². The lowest BCUT2D eigenvalue weighted by Gasteiger charge is -2.10. The highest BCUT2D eigenvalue weighted by molar-refractivity contribution is 7.99. The van der Waals surface area contributed by atoms with Crippen LogP contribution in [0, 0.1) is 21.4 Å². The summed E-state index contributed by atoms with van der Waals surface area (Å²) in [5.41, 5.74) is 6.53. The van der Waals surface area contributed by atoms with Crippen LogP contribution in [0.3, 0.4) is 0 Å². The lowest BCUT2D eigenvalue weighted by molar-refractivity contribution is -0.388. The molecule has 0 aliphatic heterocycles. The minimum atomic E-state index is -0.683. The lowest BCUT2D eigenvalue weighted by atomic mass is 10.2. The molecule has 0 saturated carbocycles. The molecule has 0 saturated heterocycles. The first-order chi connectivity index (χ1) is 13.5. The molecule has 2 heterocycles. The Labute approximate surface area is 163 Å². The SMILES string of the molecule is COC(=O)c1c(N)c(C#N)cn1-c1cccc(Sc2ncccc2[N+](=O)[O-])c1. The second-order valence-electron chi connectivity index (χ2n) is 5.46. The molecule has 0 aliphatic rings. The van der Waals surface area contributed by atoms with Gasteiger partial charge in [-0.25, -0.2) is 9.78 Å². The Balaban J connectivity index is 2.05. The number of methoxy groups -OCH3 is 1. The molecule has 0 amide bonds. The van der Waals surface area contributed by atoms with Gasteiger partial charge in [-0.05, 0) is 24.3 Å². The van der Waals surface area contributed by atoms with E-state index in [-0.39, 0.29) is 27.7 Å². The Morgan fingerprint density at radius 2 is 2.18 bits per heavy atom. The summed E-state index contributed by atoms with van der Waals surface area (Å²) in [6.07, 6.45) is 2.91. The largest absolute Gasteiger partial charge is 0.464 e. The molecule has 0 unspecified atom stereocenters. The van der Waals surface area contributed by atoms with Crippen LogP contribution >= 0.6 is 11.8 Å². The Bertz CT molecular complexity index is 1120. The molecule has 0 fully saturated rings. The van der Waals surface area contributed by atoms with Gasteiger partial charge in [0, 0.05) is 29.0 Å². The summed E-state index contributed by atoms with van der Waals surface area (Å²) in [4.78, 5) is 27.5. The quantitative estimate of drug-likeness (QED) is 0.395. The first kappa shape index (κ1) is 18.9. The number of carbonyl (C=O) groups is 1. The lowest BCUT2D eigenvalue weighted by Crippen LogP contribution is -2.11. The third kappa shape index (κ3) is 3.51. The summed E-state index contributed by atoms with van der Waals surface area (Å²) in [5.74, 6) is -0.683. The number of esters is 1. The first-order valence-electron chi connectivity index (χ1n) is 7.83. The molecule has 3 aromatic rings. The highest BCUT2D eigenvalue weighted by Crippen LogP contribution is 2.34. The highest BCUT2D eigenvalue weighted by Gasteiger charge is 2.22. The summed E-state index contributed by atoms with van der Waals surface area (Å²) in [6, 6.07) is 11.7. The van der Waals surface area contributed by atoms with Crippen LogP contribution in [0.1, 0.15) is 16.1 Å². The molecule has 2 N–H and O–H groups in total. The number of benzene rings is 1. The number of pyridine rings is 1. The van der Waals surface area contributed by atoms with Crippen LogP contribution in [-0.4, -0.2) is 27.6 Å². The van der Waals surface area contributed by atoms with E-state index in [4.69, 9.17) is 10.5 Å². The van der Waals surface area contributed by atoms with Crippen molar-refractivity contribution in [3.05, 3.63) is 70.2 Å². The van der Waals surface area contributed by atoms with Crippen molar-refractivity contribution >= 4 is 29.1 Å². The van der Waals surface area contributed by atoms with Gasteiger partial charge in [0.2, 0.25) is 0 Å². The van der Waals surface area contributed by atoms with E-state index in [1.54, 1.807) is 24.3 Å². The van der Waals surface area contributed by atoms with Gasteiger partial charge in [0.15, 0.2) is 10.7 Å². The molecule has 10 heteroatoms. The fraction of sp³-hybridized carbons (Fsp3) is 0.0556. The van der Waals surface area contributed by atoms with E-state index in [9.17, 15) is 20.2 Å². The molecule has 0 bridgehead atoms. The van der Waals surface area contributed by atoms with Crippen molar-refractivity contribution in [3.63, 3.8) is 0 Å². The van der Waals surface area contributed by atoms with Crippen LogP contribution in [0.2, 0.25) is 0 Å². The summed E-state index contributed by atoms with van der Waals surface area (Å²) in [7, 11) is 1.22. The van der Waals surface area contributed by atoms with E-state index < -0.39 is 10.9 Å². The Kier molecular flexibility index (Phi) is 5.28. The second kappa shape index (κ2) is 7.81. The van der Waals surface area contributed by atoms with Gasteiger partial charge >= 0.3 is 11.7 Å². The minimum absolute atomic E-state index is 0.0211. The van der Waals surface area contributed by atoms with E-state index in [1.807, 2.05) is 6.07 Å². The molecular weight excluding hydrogens is 382 g/mol. The van der Waals surface area contributed by atoms with Gasteiger partial charge in [0.1, 0.15) is 6.07 Å². The topological polar surface area (TPSA) is 137 Å². The van der Waals surface area contributed by atoms with Crippen LogP contribution < -0.4 is 5.73 Å². The Hall–Kier alpha value is -3.84. The van der Waals surface area contributed by atoms with E-state index in [0.29, 0.717) is 10.6 Å². The normalized spacial score (nSPS) is 10.3. The summed E-state index contributed by atoms with van der Waals surface area (Å²) in [6.45, 7) is 0. The van der Waals surface area contributed by atoms with Crippen molar-refractivity contribution < 1.29 is 14.5 Å². The third-order valence-electron chi connectivity index (χ3n) is 3.80. The minimum Gasteiger partial charge on any atom is -0.464 e. The van der Waals surface area contributed by atoms with Gasteiger partial charge in [0.25, 0.3) is 0 Å². The zero-order valence-electron chi connectivity index (χ0n) is 14.5. The molecule has 0 radical (unpaired) electrons. The number of nitro groups is 1. The van der Waals surface area contributed by atoms with Gasteiger partial charge < -0.3 is 15.0 Å². The predicted octanol–water partition coefficient (Wildman–Crippen LogP) is 3.17. The van der Waals surface area contributed by atoms with Gasteiger partial charge in [-0.3, -0.25) is 10.1 Å². The summed E-state index contributed by atoms with van der Waals surface area (Å²) in [5, 5.41) is 20.6. The zero-order valence-corrected chi connectivity index (χ0v) is 15.3. The van der Waals surface area contributed by atoms with Crippen LogP contribution in [0.5, 0.6) is 0 Å². The van der Waals surface area contributed by atoms with Crippen molar-refractivity contribution in [2.24, 2.45) is 0 Å². The molecule has 1 aromatic carbocycles. The average Bonchev–Trinajstić information content (AvgIpc) is 3.04. The number of aromatic nitrogens is 2. The van der Waals surface area contributed by atoms with E-state index in [0.717, 1.165) is 11.8 Å². The molecule has 0 spiro atoms. The number of hydrogen-bond acceptors (Lipinski definition) is 8. The molecule has 28 heavy (non-hydrogen) atoms. The van der Waals surface area contributed by atoms with E-state index in [2.05, 4.69) is 4.98 Å². The van der Waals surface area contributed by atoms with E-state index >= 15 is 0 Å². The van der Waals surface area contributed by atoms with Gasteiger partial charge in [-0.2, -0.15) is 5.26 Å². The number of nitriles is 1. The maximum Gasteiger partial charge on any atom is 0.357 e. The van der Waals surface area contributed by atoms with Crippen LogP contribution in [-0.2, 0) is 4.74 Å². The Morgan fingerprint density at radius 1 is 1.39 bits per heavy atom. The number of nitrogens with zero attached hydrogens (tertiary/aromatic N) is 4. The monoisotopic (exact) mass is 395 g/mol. The summed E-state index contributed by atoms with van der Waals surface area (Å²) >= 11 is 1.11. The van der Waals surface area contributed by atoms with Crippen LogP contribution in [0.15, 0.2) is 58.7 Å². The van der Waals surface area contributed by atoms with Gasteiger partial charge in [-0.15, -0.1) is 0 Å². The number of ether oxygens (including phenoxy) is 1. The van der Waals surface area contributed by atoms with Crippen molar-refractivity contribution in [2.75, 3.05) is 12.8 Å². The smallest absolute Gasteiger partial charge is 0.357 e. The van der Waals surface area contributed by atoms with Gasteiger partial charge in [0.05, 0.1) is 23.3 Å². The highest BCUT2D eigenvalue weighted by atomic mass is 32.2. The number of hydrogen-bond donors (Lipinski definition) is 1. The standard InChI is InChI=1S/C18H13N5O4S/c1-27-18(24)16-15(20)11(9-19)10-22(16)12-4-2-5-13(8-12)28-17-14(23(25)26)6-3-7-21-17/h2-8,10H,20H2,1H3. The zero-order chi connectivity index (χ0) is 20.3. The molecule has 9 nitrogen and oxygen atoms in total. The first-order valence-corrected chi connectivity index (χ1v) is 8.64. The maximum atomic E-state index is 12.1. The fourth-order valence-corrected chi connectivity index (χ4v) is 3.44. The van der Waals surface area contributed by atoms with Crippen molar-refractivity contribution in [2.45, 2.75) is 9.92 Å². The molecule has 0 atom stereocenters. The van der Waals surface area contributed by atoms with Gasteiger partial charge in [-0.1, -0.05) is 17.8 Å². The summed E-state index contributed by atoms with van der Waals surface area (Å²) < 4.78 is 6.22. The number of rotatable bonds is 5. The number of nitrogen functional groups attached to an aromatic ring is 1. The number of anilines is 1. The maximum absolute atomic E-state index is 12.1. The third-order valence-corrected chi connectivity index (χ3v) is 4.80. The molecule has 140 valence electrons. The molecule has 2 aromatic heterocycles. The predicted molar refractivity (Wildman–Crippen MR) is 101 cm³/mol. The van der Waals surface area contributed by atoms with Crippen molar-refractivity contribution in [1.82, 2.24) is 9.55 Å². The molecule has 0 aliphatic carbocycles. The number of nitrogens with two attached hydrogens (primary N) is 1. The molecule has 3 rings (SSSR count). The molecular formula is C18H13N5O4S. The number of carbonyl (C=O) groups excluding carboxylic acids is 1. The Morgan fingerprint density at radius 3 is 2.86 bits per heavy atom.